The topological polar surface area (TPSA) is 26.3 Å². The molecule has 0 aromatic rings. The van der Waals surface area contributed by atoms with Crippen molar-refractivity contribution in [2.45, 2.75) is 39.5 Å². The third-order valence-electron chi connectivity index (χ3n) is 2.40. The molecule has 0 spiro atoms. The van der Waals surface area contributed by atoms with Crippen molar-refractivity contribution < 1.29 is 9.53 Å². The Morgan fingerprint density at radius 3 is 2.87 bits per heavy atom. The van der Waals surface area contributed by atoms with Crippen LogP contribution in [0.5, 0.6) is 0 Å². The Bertz CT molecular complexity index is 262. The van der Waals surface area contributed by atoms with E-state index >= 15 is 0 Å². The van der Waals surface area contributed by atoms with Gasteiger partial charge in [-0.3, -0.25) is 4.79 Å². The van der Waals surface area contributed by atoms with Gasteiger partial charge in [0.25, 0.3) is 0 Å². The van der Waals surface area contributed by atoms with Crippen LogP contribution in [0.15, 0.2) is 23.8 Å². The number of allylic oxidation sites excluding steroid dienone is 2. The van der Waals surface area contributed by atoms with Gasteiger partial charge < -0.3 is 4.74 Å². The van der Waals surface area contributed by atoms with E-state index < -0.39 is 0 Å². The fourth-order valence-corrected chi connectivity index (χ4v) is 1.42. The Hall–Kier alpha value is -1.05. The smallest absolute Gasteiger partial charge is 0.306 e. The Morgan fingerprint density at radius 2 is 2.27 bits per heavy atom. The maximum absolute atomic E-state index is 11.3. The molecule has 0 aromatic carbocycles. The second kappa shape index (κ2) is 6.44. The second-order valence-electron chi connectivity index (χ2n) is 4.35. The van der Waals surface area contributed by atoms with E-state index in [4.69, 9.17) is 4.74 Å². The SMILES string of the molecule is CC(C)CCC(=O)OCC1=CCCC=C1. The van der Waals surface area contributed by atoms with Gasteiger partial charge in [0, 0.05) is 6.42 Å². The fraction of sp³-hybridized carbons (Fsp3) is 0.615. The molecule has 84 valence electrons. The molecule has 2 heteroatoms. The van der Waals surface area contributed by atoms with Crippen molar-refractivity contribution in [3.05, 3.63) is 23.8 Å². The Morgan fingerprint density at radius 1 is 1.47 bits per heavy atom. The van der Waals surface area contributed by atoms with Gasteiger partial charge in [-0.2, -0.15) is 0 Å². The molecule has 0 saturated carbocycles. The first-order valence-electron chi connectivity index (χ1n) is 5.69. The molecule has 0 aromatic heterocycles. The summed E-state index contributed by atoms with van der Waals surface area (Å²) in [5, 5.41) is 0. The van der Waals surface area contributed by atoms with Gasteiger partial charge in [0.15, 0.2) is 0 Å². The average Bonchev–Trinajstić information content (AvgIpc) is 2.25. The molecule has 0 radical (unpaired) electrons. The summed E-state index contributed by atoms with van der Waals surface area (Å²) in [5.41, 5.74) is 1.12. The van der Waals surface area contributed by atoms with Crippen LogP contribution < -0.4 is 0 Å². The molecule has 15 heavy (non-hydrogen) atoms. The molecular formula is C13H20O2. The molecule has 0 aliphatic heterocycles. The zero-order valence-electron chi connectivity index (χ0n) is 9.66. The summed E-state index contributed by atoms with van der Waals surface area (Å²) in [6, 6.07) is 0. The number of rotatable bonds is 5. The van der Waals surface area contributed by atoms with E-state index in [0.29, 0.717) is 18.9 Å². The highest BCUT2D eigenvalue weighted by molar-refractivity contribution is 5.69. The zero-order valence-corrected chi connectivity index (χ0v) is 9.66. The number of esters is 1. The van der Waals surface area contributed by atoms with E-state index in [1.54, 1.807) is 0 Å². The molecule has 0 atom stereocenters. The summed E-state index contributed by atoms with van der Waals surface area (Å²) in [6.45, 7) is 4.66. The van der Waals surface area contributed by atoms with Crippen LogP contribution in [0.3, 0.4) is 0 Å². The minimum absolute atomic E-state index is 0.0800. The van der Waals surface area contributed by atoms with Gasteiger partial charge in [-0.25, -0.2) is 0 Å². The lowest BCUT2D eigenvalue weighted by Gasteiger charge is -2.09. The van der Waals surface area contributed by atoms with Gasteiger partial charge in [0.2, 0.25) is 0 Å². The minimum Gasteiger partial charge on any atom is -0.461 e. The highest BCUT2D eigenvalue weighted by atomic mass is 16.5. The lowest BCUT2D eigenvalue weighted by Crippen LogP contribution is -2.08. The van der Waals surface area contributed by atoms with Crippen LogP contribution in [0.4, 0.5) is 0 Å². The van der Waals surface area contributed by atoms with E-state index in [0.717, 1.165) is 24.8 Å². The van der Waals surface area contributed by atoms with Crippen LogP contribution in [-0.2, 0) is 9.53 Å². The molecule has 0 saturated heterocycles. The van der Waals surface area contributed by atoms with Crippen molar-refractivity contribution in [1.82, 2.24) is 0 Å². The molecule has 1 rings (SSSR count). The maximum atomic E-state index is 11.3. The van der Waals surface area contributed by atoms with Gasteiger partial charge in [-0.1, -0.05) is 32.1 Å². The number of ether oxygens (including phenoxy) is 1. The zero-order chi connectivity index (χ0) is 11.1. The predicted octanol–water partition coefficient (Wildman–Crippen LogP) is 3.24. The standard InChI is InChI=1S/C13H20O2/c1-11(2)8-9-13(14)15-10-12-6-4-3-5-7-12/h4,6-7,11H,3,5,8-10H2,1-2H3. The Kier molecular flexibility index (Phi) is 5.16. The fourth-order valence-electron chi connectivity index (χ4n) is 1.42. The molecule has 1 aliphatic carbocycles. The van der Waals surface area contributed by atoms with Crippen LogP contribution in [-0.4, -0.2) is 12.6 Å². The maximum Gasteiger partial charge on any atom is 0.306 e. The largest absolute Gasteiger partial charge is 0.461 e. The van der Waals surface area contributed by atoms with Crippen LogP contribution in [0, 0.1) is 5.92 Å². The summed E-state index contributed by atoms with van der Waals surface area (Å²) in [7, 11) is 0. The number of hydrogen-bond donors (Lipinski definition) is 0. The van der Waals surface area contributed by atoms with Crippen LogP contribution in [0.2, 0.25) is 0 Å². The summed E-state index contributed by atoms with van der Waals surface area (Å²) in [6.07, 6.45) is 9.91. The highest BCUT2D eigenvalue weighted by Crippen LogP contribution is 2.11. The molecule has 0 bridgehead atoms. The monoisotopic (exact) mass is 208 g/mol. The molecule has 1 aliphatic rings. The lowest BCUT2D eigenvalue weighted by molar-refractivity contribution is -0.142. The quantitative estimate of drug-likeness (QED) is 0.648. The van der Waals surface area contributed by atoms with E-state index in [2.05, 4.69) is 26.0 Å². The number of hydrogen-bond acceptors (Lipinski definition) is 2. The summed E-state index contributed by atoms with van der Waals surface area (Å²) in [4.78, 5) is 11.3. The number of carbonyl (C=O) groups excluding carboxylic acids is 1. The van der Waals surface area contributed by atoms with Crippen LogP contribution in [0.1, 0.15) is 39.5 Å². The van der Waals surface area contributed by atoms with Gasteiger partial charge >= 0.3 is 5.97 Å². The minimum atomic E-state index is -0.0800. The average molecular weight is 208 g/mol. The van der Waals surface area contributed by atoms with E-state index in [9.17, 15) is 4.79 Å². The molecule has 0 unspecified atom stereocenters. The molecule has 0 amide bonds. The van der Waals surface area contributed by atoms with Gasteiger partial charge in [0.05, 0.1) is 0 Å². The van der Waals surface area contributed by atoms with Crippen LogP contribution in [0.25, 0.3) is 0 Å². The molecule has 0 N–H and O–H groups in total. The first kappa shape index (κ1) is 12.0. The lowest BCUT2D eigenvalue weighted by atomic mass is 10.1. The first-order chi connectivity index (χ1) is 7.18. The Balaban J connectivity index is 2.16. The Labute approximate surface area is 92.0 Å². The van der Waals surface area contributed by atoms with Gasteiger partial charge in [0.1, 0.15) is 6.61 Å². The first-order valence-corrected chi connectivity index (χ1v) is 5.69. The predicted molar refractivity (Wildman–Crippen MR) is 61.5 cm³/mol. The third kappa shape index (κ3) is 5.40. The van der Waals surface area contributed by atoms with Gasteiger partial charge in [-0.05, 0) is 30.8 Å². The van der Waals surface area contributed by atoms with Crippen molar-refractivity contribution in [1.29, 1.82) is 0 Å². The summed E-state index contributed by atoms with van der Waals surface area (Å²) in [5.74, 6) is 0.481. The van der Waals surface area contributed by atoms with E-state index in [1.807, 2.05) is 6.08 Å². The van der Waals surface area contributed by atoms with E-state index in [-0.39, 0.29) is 5.97 Å². The highest BCUT2D eigenvalue weighted by Gasteiger charge is 2.05. The summed E-state index contributed by atoms with van der Waals surface area (Å²) < 4.78 is 5.17. The molecular weight excluding hydrogens is 188 g/mol. The molecule has 0 heterocycles. The van der Waals surface area contributed by atoms with Crippen LogP contribution >= 0.6 is 0 Å². The van der Waals surface area contributed by atoms with Crippen molar-refractivity contribution in [2.75, 3.05) is 6.61 Å². The van der Waals surface area contributed by atoms with Crippen molar-refractivity contribution in [2.24, 2.45) is 5.92 Å². The molecule has 0 fully saturated rings. The van der Waals surface area contributed by atoms with Crippen molar-refractivity contribution in [3.8, 4) is 0 Å². The molecule has 2 nitrogen and oxygen atoms in total. The summed E-state index contributed by atoms with van der Waals surface area (Å²) >= 11 is 0. The van der Waals surface area contributed by atoms with E-state index in [1.165, 1.54) is 0 Å². The van der Waals surface area contributed by atoms with Gasteiger partial charge in [-0.15, -0.1) is 0 Å². The van der Waals surface area contributed by atoms with Crippen molar-refractivity contribution in [3.63, 3.8) is 0 Å². The normalized spacial score (nSPS) is 15.3. The third-order valence-corrected chi connectivity index (χ3v) is 2.40. The van der Waals surface area contributed by atoms with Crippen molar-refractivity contribution >= 4 is 5.97 Å². The second-order valence-corrected chi connectivity index (χ2v) is 4.35. The number of carbonyl (C=O) groups is 1.